The fourth-order valence-corrected chi connectivity index (χ4v) is 3.49. The van der Waals surface area contributed by atoms with Crippen LogP contribution in [0.25, 0.3) is 11.3 Å². The molecule has 3 aliphatic rings. The molecule has 1 atom stereocenters. The van der Waals surface area contributed by atoms with Crippen molar-refractivity contribution in [1.29, 1.82) is 0 Å². The van der Waals surface area contributed by atoms with Gasteiger partial charge in [-0.25, -0.2) is 9.37 Å². The number of benzene rings is 1. The van der Waals surface area contributed by atoms with Crippen LogP contribution in [0.15, 0.2) is 34.9 Å². The monoisotopic (exact) mass is 315 g/mol. The van der Waals surface area contributed by atoms with E-state index in [1.807, 2.05) is 0 Å². The van der Waals surface area contributed by atoms with Gasteiger partial charge in [0.2, 0.25) is 0 Å². The van der Waals surface area contributed by atoms with Crippen LogP contribution >= 0.6 is 0 Å². The number of piperidine rings is 3. The van der Waals surface area contributed by atoms with E-state index in [2.05, 4.69) is 15.2 Å². The van der Waals surface area contributed by atoms with Gasteiger partial charge in [0, 0.05) is 18.2 Å². The van der Waals surface area contributed by atoms with Crippen LogP contribution in [0.5, 0.6) is 0 Å². The number of nitrogens with zero attached hydrogens (tertiary/aromatic N) is 2. The van der Waals surface area contributed by atoms with E-state index in [-0.39, 0.29) is 23.7 Å². The molecule has 6 heteroatoms. The average Bonchev–Trinajstić information content (AvgIpc) is 3.07. The van der Waals surface area contributed by atoms with E-state index >= 15 is 0 Å². The first-order chi connectivity index (χ1) is 11.2. The second-order valence-electron chi connectivity index (χ2n) is 6.25. The Bertz CT molecular complexity index is 705. The van der Waals surface area contributed by atoms with Crippen molar-refractivity contribution < 1.29 is 13.6 Å². The Labute approximate surface area is 133 Å². The number of rotatable bonds is 3. The lowest BCUT2D eigenvalue weighted by Crippen LogP contribution is -2.57. The molecule has 5 rings (SSSR count). The number of hydrogen-bond acceptors (Lipinski definition) is 4. The van der Waals surface area contributed by atoms with Gasteiger partial charge in [0.25, 0.3) is 5.89 Å². The lowest BCUT2D eigenvalue weighted by atomic mass is 9.84. The van der Waals surface area contributed by atoms with Crippen molar-refractivity contribution in [3.63, 3.8) is 0 Å². The van der Waals surface area contributed by atoms with Gasteiger partial charge in [-0.15, -0.1) is 0 Å². The van der Waals surface area contributed by atoms with Gasteiger partial charge in [0.15, 0.2) is 5.76 Å². The predicted molar refractivity (Wildman–Crippen MR) is 82.3 cm³/mol. The Morgan fingerprint density at radius 2 is 2.00 bits per heavy atom. The molecule has 3 fully saturated rings. The molecule has 0 aliphatic carbocycles. The van der Waals surface area contributed by atoms with Gasteiger partial charge in [0.05, 0.1) is 6.20 Å². The van der Waals surface area contributed by atoms with Gasteiger partial charge in [-0.2, -0.15) is 0 Å². The van der Waals surface area contributed by atoms with Crippen molar-refractivity contribution in [3.05, 3.63) is 42.2 Å². The smallest absolute Gasteiger partial charge is 0.307 e. The molecule has 1 unspecified atom stereocenters. The largest absolute Gasteiger partial charge is 0.432 e. The first kappa shape index (κ1) is 14.4. The standard InChI is InChI=1S/C17H18FN3O2/c18-13-3-1-12(2-4-13)15-9-19-17(23-15)16(22)20-14-10-21-7-5-11(14)6-8-21/h1-4,9,11,14H,5-8,10H2,(H,20,22). The molecule has 2 aromatic rings. The number of aromatic nitrogens is 1. The highest BCUT2D eigenvalue weighted by molar-refractivity contribution is 5.90. The zero-order chi connectivity index (χ0) is 15.8. The first-order valence-corrected chi connectivity index (χ1v) is 7.94. The molecule has 5 nitrogen and oxygen atoms in total. The third-order valence-corrected chi connectivity index (χ3v) is 4.80. The van der Waals surface area contributed by atoms with E-state index in [1.54, 1.807) is 12.1 Å². The minimum Gasteiger partial charge on any atom is -0.432 e. The molecule has 4 heterocycles. The summed E-state index contributed by atoms with van der Waals surface area (Å²) in [4.78, 5) is 18.8. The van der Waals surface area contributed by atoms with E-state index < -0.39 is 0 Å². The average molecular weight is 315 g/mol. The molecule has 1 aromatic carbocycles. The lowest BCUT2D eigenvalue weighted by molar-refractivity contribution is 0.0602. The number of halogens is 1. The van der Waals surface area contributed by atoms with Crippen molar-refractivity contribution in [2.75, 3.05) is 19.6 Å². The zero-order valence-corrected chi connectivity index (χ0v) is 12.7. The normalized spacial score (nSPS) is 26.2. The SMILES string of the molecule is O=C(NC1CN2CCC1CC2)c1ncc(-c2ccc(F)cc2)o1. The summed E-state index contributed by atoms with van der Waals surface area (Å²) in [6, 6.07) is 6.08. The van der Waals surface area contributed by atoms with Crippen molar-refractivity contribution in [2.24, 2.45) is 5.92 Å². The molecule has 3 aliphatic heterocycles. The summed E-state index contributed by atoms with van der Waals surface area (Å²) in [5.74, 6) is 0.478. The molecular formula is C17H18FN3O2. The van der Waals surface area contributed by atoms with Gasteiger partial charge < -0.3 is 14.6 Å². The summed E-state index contributed by atoms with van der Waals surface area (Å²) in [5.41, 5.74) is 0.695. The Morgan fingerprint density at radius 1 is 1.26 bits per heavy atom. The number of carbonyl (C=O) groups excluding carboxylic acids is 1. The van der Waals surface area contributed by atoms with E-state index in [0.717, 1.165) is 32.5 Å². The molecule has 2 bridgehead atoms. The van der Waals surface area contributed by atoms with Crippen LogP contribution in [-0.2, 0) is 0 Å². The predicted octanol–water partition coefficient (Wildman–Crippen LogP) is 2.30. The Hall–Kier alpha value is -2.21. The van der Waals surface area contributed by atoms with Crippen LogP contribution in [0.2, 0.25) is 0 Å². The highest BCUT2D eigenvalue weighted by Crippen LogP contribution is 2.28. The molecule has 23 heavy (non-hydrogen) atoms. The topological polar surface area (TPSA) is 58.4 Å². The van der Waals surface area contributed by atoms with Gasteiger partial charge >= 0.3 is 5.91 Å². The fraction of sp³-hybridized carbons (Fsp3) is 0.412. The van der Waals surface area contributed by atoms with Crippen LogP contribution in [0.3, 0.4) is 0 Å². The Balaban J connectivity index is 1.46. The molecular weight excluding hydrogens is 297 g/mol. The molecule has 0 radical (unpaired) electrons. The quantitative estimate of drug-likeness (QED) is 0.944. The zero-order valence-electron chi connectivity index (χ0n) is 12.7. The Morgan fingerprint density at radius 3 is 2.65 bits per heavy atom. The summed E-state index contributed by atoms with van der Waals surface area (Å²) in [6.07, 6.45) is 3.77. The van der Waals surface area contributed by atoms with Crippen LogP contribution in [0.4, 0.5) is 4.39 Å². The number of oxazole rings is 1. The molecule has 1 amide bonds. The highest BCUT2D eigenvalue weighted by atomic mass is 19.1. The van der Waals surface area contributed by atoms with Crippen LogP contribution < -0.4 is 5.32 Å². The van der Waals surface area contributed by atoms with E-state index in [4.69, 9.17) is 4.42 Å². The minimum atomic E-state index is -0.311. The maximum atomic E-state index is 13.0. The van der Waals surface area contributed by atoms with E-state index in [0.29, 0.717) is 17.2 Å². The van der Waals surface area contributed by atoms with Crippen molar-refractivity contribution >= 4 is 5.91 Å². The molecule has 120 valence electrons. The van der Waals surface area contributed by atoms with Crippen LogP contribution in [0, 0.1) is 11.7 Å². The number of nitrogens with one attached hydrogen (secondary N) is 1. The summed E-state index contributed by atoms with van der Waals surface area (Å²) in [5, 5.41) is 3.04. The molecule has 3 saturated heterocycles. The molecule has 0 spiro atoms. The van der Waals surface area contributed by atoms with Gasteiger partial charge in [0.1, 0.15) is 5.82 Å². The number of carbonyl (C=O) groups is 1. The summed E-state index contributed by atoms with van der Waals surface area (Å²) in [7, 11) is 0. The van der Waals surface area contributed by atoms with Crippen molar-refractivity contribution in [3.8, 4) is 11.3 Å². The minimum absolute atomic E-state index is 0.0563. The van der Waals surface area contributed by atoms with Crippen molar-refractivity contribution in [2.45, 2.75) is 18.9 Å². The number of amides is 1. The molecule has 1 aromatic heterocycles. The van der Waals surface area contributed by atoms with Gasteiger partial charge in [-0.1, -0.05) is 0 Å². The number of fused-ring (bicyclic) bond motifs is 3. The van der Waals surface area contributed by atoms with Crippen LogP contribution in [0.1, 0.15) is 23.5 Å². The highest BCUT2D eigenvalue weighted by Gasteiger charge is 2.35. The maximum absolute atomic E-state index is 13.0. The second kappa shape index (κ2) is 5.77. The van der Waals surface area contributed by atoms with E-state index in [1.165, 1.54) is 18.3 Å². The first-order valence-electron chi connectivity index (χ1n) is 7.94. The summed E-state index contributed by atoms with van der Waals surface area (Å²) < 4.78 is 18.5. The van der Waals surface area contributed by atoms with Gasteiger partial charge in [-0.05, 0) is 56.1 Å². The lowest BCUT2D eigenvalue weighted by Gasteiger charge is -2.44. The fourth-order valence-electron chi connectivity index (χ4n) is 3.49. The maximum Gasteiger partial charge on any atom is 0.307 e. The second-order valence-corrected chi connectivity index (χ2v) is 6.25. The van der Waals surface area contributed by atoms with Crippen LogP contribution in [-0.4, -0.2) is 41.5 Å². The third kappa shape index (κ3) is 2.86. The molecule has 1 N–H and O–H groups in total. The summed E-state index contributed by atoms with van der Waals surface area (Å²) in [6.45, 7) is 3.16. The Kier molecular flexibility index (Phi) is 3.61. The molecule has 0 saturated carbocycles. The van der Waals surface area contributed by atoms with E-state index in [9.17, 15) is 9.18 Å². The summed E-state index contributed by atoms with van der Waals surface area (Å²) >= 11 is 0. The van der Waals surface area contributed by atoms with Crippen molar-refractivity contribution in [1.82, 2.24) is 15.2 Å². The number of hydrogen-bond donors (Lipinski definition) is 1. The van der Waals surface area contributed by atoms with Gasteiger partial charge in [-0.3, -0.25) is 4.79 Å². The third-order valence-electron chi connectivity index (χ3n) is 4.80.